The molecule has 1 saturated carbocycles. The molecule has 1 fully saturated rings. The van der Waals surface area contributed by atoms with Gasteiger partial charge >= 0.3 is 0 Å². The average Bonchev–Trinajstić information content (AvgIpc) is 2.78. The minimum absolute atomic E-state index is 0.310. The molecule has 1 aliphatic rings. The van der Waals surface area contributed by atoms with Crippen LogP contribution in [0.5, 0.6) is 0 Å². The van der Waals surface area contributed by atoms with Gasteiger partial charge < -0.3 is 5.21 Å². The van der Waals surface area contributed by atoms with E-state index in [1.807, 2.05) is 6.07 Å². The number of hydrogen-bond donors (Lipinski definition) is 1. The van der Waals surface area contributed by atoms with Crippen molar-refractivity contribution in [3.8, 4) is 0 Å². The Balaban J connectivity index is 2.00. The maximum absolute atomic E-state index is 8.91. The molecule has 2 rings (SSSR count). The van der Waals surface area contributed by atoms with Gasteiger partial charge in [-0.15, -0.1) is 0 Å². The average molecular weight is 218 g/mol. The monoisotopic (exact) mass is 218 g/mol. The van der Waals surface area contributed by atoms with Crippen molar-refractivity contribution in [2.45, 2.75) is 31.8 Å². The molecule has 1 atom stereocenters. The highest BCUT2D eigenvalue weighted by Gasteiger charge is 2.26. The van der Waals surface area contributed by atoms with E-state index in [2.05, 4.69) is 41.4 Å². The smallest absolute Gasteiger partial charge is 0.0742 e. The Kier molecular flexibility index (Phi) is 3.57. The first-order valence-electron chi connectivity index (χ1n) is 5.76. The van der Waals surface area contributed by atoms with Crippen LogP contribution in [0.1, 0.15) is 24.8 Å². The summed E-state index contributed by atoms with van der Waals surface area (Å²) in [6.45, 7) is 0.907. The normalized spacial score (nSPS) is 23.1. The zero-order chi connectivity index (χ0) is 11.4. The van der Waals surface area contributed by atoms with Crippen molar-refractivity contribution in [3.05, 3.63) is 35.9 Å². The lowest BCUT2D eigenvalue weighted by Crippen LogP contribution is -2.34. The Morgan fingerprint density at radius 1 is 1.38 bits per heavy atom. The van der Waals surface area contributed by atoms with E-state index in [1.54, 1.807) is 0 Å². The van der Waals surface area contributed by atoms with Gasteiger partial charge in [-0.2, -0.15) is 0 Å². The van der Waals surface area contributed by atoms with E-state index in [4.69, 9.17) is 5.21 Å². The molecular weight excluding hydrogens is 200 g/mol. The summed E-state index contributed by atoms with van der Waals surface area (Å²) in [7, 11) is 2.09. The zero-order valence-electron chi connectivity index (χ0n) is 9.63. The largest absolute Gasteiger partial charge is 0.411 e. The van der Waals surface area contributed by atoms with Crippen molar-refractivity contribution < 1.29 is 5.21 Å². The summed E-state index contributed by atoms with van der Waals surface area (Å²) in [4.78, 5) is 2.26. The molecule has 0 heterocycles. The number of oxime groups is 1. The van der Waals surface area contributed by atoms with Crippen LogP contribution in [0.2, 0.25) is 0 Å². The van der Waals surface area contributed by atoms with Gasteiger partial charge in [0.05, 0.1) is 11.8 Å². The molecule has 0 amide bonds. The van der Waals surface area contributed by atoms with Crippen LogP contribution in [0.4, 0.5) is 0 Å². The van der Waals surface area contributed by atoms with E-state index >= 15 is 0 Å². The Morgan fingerprint density at radius 2 is 2.12 bits per heavy atom. The fourth-order valence-electron chi connectivity index (χ4n) is 2.38. The molecular formula is C13H18N2O. The van der Waals surface area contributed by atoms with Gasteiger partial charge in [-0.1, -0.05) is 35.5 Å². The minimum Gasteiger partial charge on any atom is -0.411 e. The predicted octanol–water partition coefficient (Wildman–Crippen LogP) is 2.50. The summed E-state index contributed by atoms with van der Waals surface area (Å²) >= 11 is 0. The van der Waals surface area contributed by atoms with Gasteiger partial charge in [0, 0.05) is 6.54 Å². The lowest BCUT2D eigenvalue weighted by molar-refractivity contribution is 0.271. The molecule has 1 aliphatic carbocycles. The van der Waals surface area contributed by atoms with Crippen LogP contribution in [0.3, 0.4) is 0 Å². The van der Waals surface area contributed by atoms with Crippen LogP contribution in [-0.4, -0.2) is 28.9 Å². The third-order valence-electron chi connectivity index (χ3n) is 3.23. The van der Waals surface area contributed by atoms with Crippen LogP contribution in [0.15, 0.2) is 35.5 Å². The van der Waals surface area contributed by atoms with Crippen LogP contribution >= 0.6 is 0 Å². The molecule has 16 heavy (non-hydrogen) atoms. The Bertz CT molecular complexity index is 361. The first kappa shape index (κ1) is 11.1. The SMILES string of the molecule is CN(Cc1ccccc1)[C@H]1CCC/C1=N\O. The van der Waals surface area contributed by atoms with Gasteiger partial charge in [0.25, 0.3) is 0 Å². The van der Waals surface area contributed by atoms with Gasteiger partial charge in [0.1, 0.15) is 0 Å². The molecule has 1 aromatic rings. The lowest BCUT2D eigenvalue weighted by atomic mass is 10.1. The highest BCUT2D eigenvalue weighted by Crippen LogP contribution is 2.21. The molecule has 3 heteroatoms. The second-order valence-electron chi connectivity index (χ2n) is 4.40. The number of rotatable bonds is 3. The minimum atomic E-state index is 0.310. The highest BCUT2D eigenvalue weighted by atomic mass is 16.4. The first-order valence-corrected chi connectivity index (χ1v) is 5.76. The van der Waals surface area contributed by atoms with Crippen LogP contribution in [-0.2, 0) is 6.54 Å². The van der Waals surface area contributed by atoms with Crippen molar-refractivity contribution >= 4 is 5.71 Å². The third kappa shape index (κ3) is 2.42. The molecule has 0 aliphatic heterocycles. The van der Waals surface area contributed by atoms with Crippen molar-refractivity contribution in [1.82, 2.24) is 4.90 Å². The van der Waals surface area contributed by atoms with Crippen molar-refractivity contribution in [1.29, 1.82) is 0 Å². The topological polar surface area (TPSA) is 35.8 Å². The predicted molar refractivity (Wildman–Crippen MR) is 64.8 cm³/mol. The van der Waals surface area contributed by atoms with E-state index in [1.165, 1.54) is 5.56 Å². The fourth-order valence-corrected chi connectivity index (χ4v) is 2.38. The van der Waals surface area contributed by atoms with Gasteiger partial charge in [-0.3, -0.25) is 4.90 Å². The van der Waals surface area contributed by atoms with Gasteiger partial charge in [0.15, 0.2) is 0 Å². The summed E-state index contributed by atoms with van der Waals surface area (Å²) in [6, 6.07) is 10.7. The molecule has 0 spiro atoms. The molecule has 0 bridgehead atoms. The maximum Gasteiger partial charge on any atom is 0.0742 e. The molecule has 0 radical (unpaired) electrons. The van der Waals surface area contributed by atoms with Crippen molar-refractivity contribution in [3.63, 3.8) is 0 Å². The second-order valence-corrected chi connectivity index (χ2v) is 4.40. The van der Waals surface area contributed by atoms with E-state index < -0.39 is 0 Å². The molecule has 0 aromatic heterocycles. The van der Waals surface area contributed by atoms with E-state index in [0.717, 1.165) is 31.5 Å². The molecule has 86 valence electrons. The fraction of sp³-hybridized carbons (Fsp3) is 0.462. The molecule has 3 nitrogen and oxygen atoms in total. The Morgan fingerprint density at radius 3 is 2.81 bits per heavy atom. The van der Waals surface area contributed by atoms with Crippen LogP contribution in [0.25, 0.3) is 0 Å². The van der Waals surface area contributed by atoms with Crippen LogP contribution in [0, 0.1) is 0 Å². The number of nitrogens with zero attached hydrogens (tertiary/aromatic N) is 2. The summed E-state index contributed by atoms with van der Waals surface area (Å²) in [6.07, 6.45) is 3.16. The van der Waals surface area contributed by atoms with Crippen LogP contribution < -0.4 is 0 Å². The summed E-state index contributed by atoms with van der Waals surface area (Å²) in [5, 5.41) is 12.3. The van der Waals surface area contributed by atoms with Crippen molar-refractivity contribution in [2.24, 2.45) is 5.16 Å². The quantitative estimate of drug-likeness (QED) is 0.625. The summed E-state index contributed by atoms with van der Waals surface area (Å²) in [5.74, 6) is 0. The number of benzene rings is 1. The molecule has 1 aromatic carbocycles. The van der Waals surface area contributed by atoms with Gasteiger partial charge in [-0.05, 0) is 31.9 Å². The highest BCUT2D eigenvalue weighted by molar-refractivity contribution is 5.90. The Labute approximate surface area is 96.4 Å². The van der Waals surface area contributed by atoms with Gasteiger partial charge in [0.2, 0.25) is 0 Å². The molecule has 0 saturated heterocycles. The number of hydrogen-bond acceptors (Lipinski definition) is 3. The summed E-state index contributed by atoms with van der Waals surface area (Å²) in [5.41, 5.74) is 2.23. The summed E-state index contributed by atoms with van der Waals surface area (Å²) < 4.78 is 0. The first-order chi connectivity index (χ1) is 7.81. The third-order valence-corrected chi connectivity index (χ3v) is 3.23. The lowest BCUT2D eigenvalue weighted by Gasteiger charge is -2.24. The van der Waals surface area contributed by atoms with E-state index in [-0.39, 0.29) is 0 Å². The van der Waals surface area contributed by atoms with Crippen molar-refractivity contribution in [2.75, 3.05) is 7.05 Å². The molecule has 0 unspecified atom stereocenters. The molecule has 1 N–H and O–H groups in total. The van der Waals surface area contributed by atoms with Gasteiger partial charge in [-0.25, -0.2) is 0 Å². The Hall–Kier alpha value is -1.35. The maximum atomic E-state index is 8.91. The van der Waals surface area contributed by atoms with E-state index in [0.29, 0.717) is 6.04 Å². The standard InChI is InChI=1S/C13H18N2O/c1-15(10-11-6-3-2-4-7-11)13-9-5-8-12(13)14-16/h2-4,6-7,13,16H,5,8-10H2,1H3/b14-12+/t13-/m0/s1. The van der Waals surface area contributed by atoms with E-state index in [9.17, 15) is 0 Å². The second kappa shape index (κ2) is 5.12. The zero-order valence-corrected chi connectivity index (χ0v) is 9.63.